The van der Waals surface area contributed by atoms with Crippen molar-refractivity contribution in [3.05, 3.63) is 78.4 Å². The third kappa shape index (κ3) is 4.56. The van der Waals surface area contributed by atoms with Gasteiger partial charge in [-0.1, -0.05) is 66.7 Å². The smallest absolute Gasteiger partial charge is 0.170 e. The predicted molar refractivity (Wildman–Crippen MR) is 108 cm³/mol. The Kier molecular flexibility index (Phi) is 5.80. The Hall–Kier alpha value is -2.39. The van der Waals surface area contributed by atoms with Crippen LogP contribution in [-0.4, -0.2) is 11.7 Å². The second kappa shape index (κ2) is 8.46. The van der Waals surface area contributed by atoms with Crippen LogP contribution in [0.3, 0.4) is 0 Å². The Morgan fingerprint density at radius 1 is 0.792 bits per heavy atom. The lowest BCUT2D eigenvalue weighted by Crippen LogP contribution is -2.29. The molecule has 0 saturated heterocycles. The van der Waals surface area contributed by atoms with Crippen LogP contribution >= 0.6 is 12.2 Å². The molecule has 0 fully saturated rings. The summed E-state index contributed by atoms with van der Waals surface area (Å²) >= 11 is 5.42. The van der Waals surface area contributed by atoms with Crippen molar-refractivity contribution in [1.82, 2.24) is 5.32 Å². The van der Waals surface area contributed by atoms with E-state index >= 15 is 0 Å². The van der Waals surface area contributed by atoms with Gasteiger partial charge in [-0.05, 0) is 48.5 Å². The number of hydrogen-bond donors (Lipinski definition) is 2. The van der Waals surface area contributed by atoms with E-state index in [0.717, 1.165) is 31.5 Å². The maximum atomic E-state index is 5.42. The molecule has 0 bridgehead atoms. The molecule has 0 radical (unpaired) electrons. The zero-order valence-corrected chi connectivity index (χ0v) is 14.5. The number of benzene rings is 3. The van der Waals surface area contributed by atoms with E-state index in [1.165, 1.54) is 16.3 Å². The predicted octanol–water partition coefficient (Wildman–Crippen LogP) is 5.15. The number of thiocarbonyl (C=S) groups is 1. The van der Waals surface area contributed by atoms with E-state index in [1.807, 2.05) is 12.1 Å². The van der Waals surface area contributed by atoms with Crippen molar-refractivity contribution in [3.8, 4) is 0 Å². The molecule has 0 heterocycles. The van der Waals surface area contributed by atoms with Crippen LogP contribution in [0, 0.1) is 0 Å². The second-order valence-corrected chi connectivity index (χ2v) is 6.26. The van der Waals surface area contributed by atoms with Gasteiger partial charge in [-0.15, -0.1) is 0 Å². The first-order valence-corrected chi connectivity index (χ1v) is 8.80. The van der Waals surface area contributed by atoms with Crippen LogP contribution in [0.4, 0.5) is 5.69 Å². The summed E-state index contributed by atoms with van der Waals surface area (Å²) in [4.78, 5) is 0. The van der Waals surface area contributed by atoms with Crippen LogP contribution < -0.4 is 10.6 Å². The van der Waals surface area contributed by atoms with E-state index in [2.05, 4.69) is 71.3 Å². The zero-order chi connectivity index (χ0) is 16.6. The molecule has 0 spiro atoms. The Morgan fingerprint density at radius 2 is 1.54 bits per heavy atom. The molecular weight excluding hydrogens is 312 g/mol. The fourth-order valence-corrected chi connectivity index (χ4v) is 3.01. The van der Waals surface area contributed by atoms with Gasteiger partial charge in [-0.25, -0.2) is 0 Å². The molecule has 0 amide bonds. The van der Waals surface area contributed by atoms with Crippen molar-refractivity contribution >= 4 is 33.8 Å². The minimum atomic E-state index is 0.686. The third-order valence-electron chi connectivity index (χ3n) is 4.06. The van der Waals surface area contributed by atoms with Crippen LogP contribution in [0.1, 0.15) is 18.4 Å². The van der Waals surface area contributed by atoms with Gasteiger partial charge >= 0.3 is 0 Å². The highest BCUT2D eigenvalue weighted by Crippen LogP contribution is 2.22. The number of unbranched alkanes of at least 4 members (excludes halogenated alkanes) is 1. The van der Waals surface area contributed by atoms with Crippen molar-refractivity contribution in [2.24, 2.45) is 0 Å². The van der Waals surface area contributed by atoms with E-state index in [-0.39, 0.29) is 0 Å². The maximum Gasteiger partial charge on any atom is 0.170 e. The molecule has 3 heteroatoms. The topological polar surface area (TPSA) is 24.1 Å². The highest BCUT2D eigenvalue weighted by atomic mass is 32.1. The number of anilines is 1. The molecular formula is C21H22N2S. The second-order valence-electron chi connectivity index (χ2n) is 5.85. The van der Waals surface area contributed by atoms with Gasteiger partial charge in [-0.2, -0.15) is 0 Å². The Bertz CT molecular complexity index is 794. The molecule has 0 unspecified atom stereocenters. The molecule has 0 aliphatic rings. The molecule has 0 aromatic heterocycles. The molecule has 0 saturated carbocycles. The average molecular weight is 334 g/mol. The minimum Gasteiger partial charge on any atom is -0.362 e. The maximum absolute atomic E-state index is 5.42. The van der Waals surface area contributed by atoms with Crippen LogP contribution in [-0.2, 0) is 6.42 Å². The highest BCUT2D eigenvalue weighted by Gasteiger charge is 2.02. The molecule has 0 atom stereocenters. The number of nitrogens with one attached hydrogen (secondary N) is 2. The Morgan fingerprint density at radius 3 is 2.42 bits per heavy atom. The summed E-state index contributed by atoms with van der Waals surface area (Å²) in [6, 6.07) is 25.2. The highest BCUT2D eigenvalue weighted by molar-refractivity contribution is 7.80. The van der Waals surface area contributed by atoms with E-state index in [4.69, 9.17) is 12.2 Å². The fourth-order valence-electron chi connectivity index (χ4n) is 2.80. The van der Waals surface area contributed by atoms with E-state index in [9.17, 15) is 0 Å². The van der Waals surface area contributed by atoms with E-state index < -0.39 is 0 Å². The summed E-state index contributed by atoms with van der Waals surface area (Å²) in [7, 11) is 0. The summed E-state index contributed by atoms with van der Waals surface area (Å²) < 4.78 is 0. The van der Waals surface area contributed by atoms with Crippen LogP contribution in [0.5, 0.6) is 0 Å². The van der Waals surface area contributed by atoms with Crippen molar-refractivity contribution in [1.29, 1.82) is 0 Å². The monoisotopic (exact) mass is 334 g/mol. The Labute approximate surface area is 148 Å². The first kappa shape index (κ1) is 16.5. The van der Waals surface area contributed by atoms with Gasteiger partial charge in [0.25, 0.3) is 0 Å². The molecule has 122 valence electrons. The summed E-state index contributed by atoms with van der Waals surface area (Å²) in [5.74, 6) is 0. The summed E-state index contributed by atoms with van der Waals surface area (Å²) in [5.41, 5.74) is 2.45. The molecule has 3 rings (SSSR count). The zero-order valence-electron chi connectivity index (χ0n) is 13.7. The lowest BCUT2D eigenvalue weighted by molar-refractivity contribution is 0.711. The standard InChI is InChI=1S/C21H22N2S/c24-21(22-16-7-6-11-17-9-2-1-3-10-17)23-20-15-8-13-18-12-4-5-14-19(18)20/h1-5,8-10,12-15H,6-7,11,16H2,(H2,22,23,24). The van der Waals surface area contributed by atoms with Gasteiger partial charge in [0.05, 0.1) is 0 Å². The lowest BCUT2D eigenvalue weighted by atomic mass is 10.1. The molecule has 0 aliphatic heterocycles. The van der Waals surface area contributed by atoms with Crippen molar-refractivity contribution in [2.75, 3.05) is 11.9 Å². The van der Waals surface area contributed by atoms with Crippen LogP contribution in [0.25, 0.3) is 10.8 Å². The first-order chi connectivity index (χ1) is 11.8. The van der Waals surface area contributed by atoms with Gasteiger partial charge in [-0.3, -0.25) is 0 Å². The molecule has 24 heavy (non-hydrogen) atoms. The SMILES string of the molecule is S=C(NCCCCc1ccccc1)Nc1cccc2ccccc12. The summed E-state index contributed by atoms with van der Waals surface area (Å²) in [6.45, 7) is 0.892. The molecule has 3 aromatic carbocycles. The lowest BCUT2D eigenvalue weighted by Gasteiger charge is -2.12. The fraction of sp³-hybridized carbons (Fsp3) is 0.190. The summed E-state index contributed by atoms with van der Waals surface area (Å²) in [6.07, 6.45) is 3.38. The average Bonchev–Trinajstić information content (AvgIpc) is 2.63. The van der Waals surface area contributed by atoms with E-state index in [1.54, 1.807) is 0 Å². The first-order valence-electron chi connectivity index (χ1n) is 8.39. The largest absolute Gasteiger partial charge is 0.362 e. The number of aryl methyl sites for hydroxylation is 1. The minimum absolute atomic E-state index is 0.686. The van der Waals surface area contributed by atoms with Gasteiger partial charge < -0.3 is 10.6 Å². The molecule has 0 aliphatic carbocycles. The number of hydrogen-bond acceptors (Lipinski definition) is 1. The van der Waals surface area contributed by atoms with Gasteiger partial charge in [0, 0.05) is 17.6 Å². The number of rotatable bonds is 6. The van der Waals surface area contributed by atoms with E-state index in [0.29, 0.717) is 5.11 Å². The van der Waals surface area contributed by atoms with Crippen molar-refractivity contribution < 1.29 is 0 Å². The van der Waals surface area contributed by atoms with Gasteiger partial charge in [0.15, 0.2) is 5.11 Å². The molecule has 3 aromatic rings. The van der Waals surface area contributed by atoms with Crippen LogP contribution in [0.2, 0.25) is 0 Å². The third-order valence-corrected chi connectivity index (χ3v) is 4.30. The normalized spacial score (nSPS) is 10.5. The van der Waals surface area contributed by atoms with Crippen LogP contribution in [0.15, 0.2) is 72.8 Å². The molecule has 2 nitrogen and oxygen atoms in total. The van der Waals surface area contributed by atoms with Crippen molar-refractivity contribution in [3.63, 3.8) is 0 Å². The Balaban J connectivity index is 1.44. The summed E-state index contributed by atoms with van der Waals surface area (Å²) in [5, 5.41) is 9.71. The number of fused-ring (bicyclic) bond motifs is 1. The quantitative estimate of drug-likeness (QED) is 0.481. The van der Waals surface area contributed by atoms with Gasteiger partial charge in [0.2, 0.25) is 0 Å². The van der Waals surface area contributed by atoms with Crippen molar-refractivity contribution in [2.45, 2.75) is 19.3 Å². The van der Waals surface area contributed by atoms with Gasteiger partial charge in [0.1, 0.15) is 0 Å². The molecule has 2 N–H and O–H groups in total.